The van der Waals surface area contributed by atoms with E-state index in [9.17, 15) is 0 Å². The maximum Gasteiger partial charge on any atom is 0.146 e. The predicted molar refractivity (Wildman–Crippen MR) is 65.0 cm³/mol. The monoisotopic (exact) mass is 214 g/mol. The summed E-state index contributed by atoms with van der Waals surface area (Å²) in [5.41, 5.74) is 8.97. The van der Waals surface area contributed by atoms with Gasteiger partial charge in [0, 0.05) is 25.1 Å². The summed E-state index contributed by atoms with van der Waals surface area (Å²) in [5, 5.41) is 3.25. The Hall–Kier alpha value is -2.10. The molecule has 0 aliphatic rings. The maximum absolute atomic E-state index is 5.74. The summed E-state index contributed by atoms with van der Waals surface area (Å²) in [7, 11) is 0. The van der Waals surface area contributed by atoms with Crippen LogP contribution in [0.25, 0.3) is 0 Å². The van der Waals surface area contributed by atoms with E-state index in [1.54, 1.807) is 12.4 Å². The Bertz CT molecular complexity index is 436. The van der Waals surface area contributed by atoms with Gasteiger partial charge in [0.25, 0.3) is 0 Å². The van der Waals surface area contributed by atoms with Crippen molar-refractivity contribution in [2.45, 2.75) is 13.5 Å². The van der Waals surface area contributed by atoms with Gasteiger partial charge in [-0.05, 0) is 36.2 Å². The molecule has 0 radical (unpaired) electrons. The summed E-state index contributed by atoms with van der Waals surface area (Å²) in [6, 6.07) is 5.77. The van der Waals surface area contributed by atoms with Gasteiger partial charge in [0.1, 0.15) is 5.82 Å². The lowest BCUT2D eigenvalue weighted by atomic mass is 10.1. The highest BCUT2D eigenvalue weighted by molar-refractivity contribution is 5.61. The summed E-state index contributed by atoms with van der Waals surface area (Å²) in [6.45, 7) is 2.76. The number of nitrogens with zero attached hydrogens (tertiary/aromatic N) is 2. The Balaban J connectivity index is 2.09. The first-order valence-electron chi connectivity index (χ1n) is 5.11. The number of hydrogen-bond donors (Lipinski definition) is 2. The Kier molecular flexibility index (Phi) is 3.00. The van der Waals surface area contributed by atoms with Crippen molar-refractivity contribution in [1.82, 2.24) is 9.97 Å². The van der Waals surface area contributed by atoms with E-state index >= 15 is 0 Å². The first kappa shape index (κ1) is 10.4. The highest BCUT2D eigenvalue weighted by atomic mass is 14.9. The van der Waals surface area contributed by atoms with Gasteiger partial charge in [-0.25, -0.2) is 4.98 Å². The minimum atomic E-state index is 0.522. The normalized spacial score (nSPS) is 10.1. The second kappa shape index (κ2) is 4.61. The molecule has 2 heterocycles. The van der Waals surface area contributed by atoms with E-state index in [1.807, 2.05) is 31.3 Å². The molecule has 0 saturated heterocycles. The molecule has 82 valence electrons. The van der Waals surface area contributed by atoms with E-state index in [2.05, 4.69) is 15.3 Å². The van der Waals surface area contributed by atoms with Crippen LogP contribution < -0.4 is 11.1 Å². The molecule has 0 unspecified atom stereocenters. The van der Waals surface area contributed by atoms with Crippen molar-refractivity contribution in [2.24, 2.45) is 0 Å². The molecule has 0 aromatic carbocycles. The van der Waals surface area contributed by atoms with Crippen molar-refractivity contribution in [3.05, 3.63) is 47.9 Å². The number of nitrogens with two attached hydrogens (primary N) is 1. The van der Waals surface area contributed by atoms with Crippen molar-refractivity contribution >= 4 is 11.5 Å². The number of pyridine rings is 2. The molecule has 16 heavy (non-hydrogen) atoms. The quantitative estimate of drug-likeness (QED) is 0.820. The average molecular weight is 214 g/mol. The maximum atomic E-state index is 5.74. The molecular weight excluding hydrogens is 200 g/mol. The number of hydrogen-bond acceptors (Lipinski definition) is 4. The van der Waals surface area contributed by atoms with Gasteiger partial charge in [0.05, 0.1) is 5.69 Å². The number of rotatable bonds is 3. The SMILES string of the molecule is Cc1cnccc1CNc1cccnc1N. The summed E-state index contributed by atoms with van der Waals surface area (Å²) in [5.74, 6) is 0.522. The van der Waals surface area contributed by atoms with Crippen LogP contribution in [0.1, 0.15) is 11.1 Å². The minimum absolute atomic E-state index is 0.522. The van der Waals surface area contributed by atoms with Crippen LogP contribution in [0.2, 0.25) is 0 Å². The Morgan fingerprint density at radius 2 is 2.19 bits per heavy atom. The van der Waals surface area contributed by atoms with Crippen molar-refractivity contribution in [3.8, 4) is 0 Å². The number of nitrogen functional groups attached to an aromatic ring is 1. The van der Waals surface area contributed by atoms with Crippen molar-refractivity contribution in [1.29, 1.82) is 0 Å². The van der Waals surface area contributed by atoms with E-state index in [0.29, 0.717) is 5.82 Å². The molecule has 2 aromatic rings. The van der Waals surface area contributed by atoms with E-state index in [-0.39, 0.29) is 0 Å². The molecule has 0 amide bonds. The lowest BCUT2D eigenvalue weighted by molar-refractivity contribution is 1.09. The van der Waals surface area contributed by atoms with Crippen LogP contribution in [-0.4, -0.2) is 9.97 Å². The molecule has 0 saturated carbocycles. The molecule has 0 aliphatic carbocycles. The fourth-order valence-electron chi connectivity index (χ4n) is 1.46. The molecule has 4 heteroatoms. The van der Waals surface area contributed by atoms with Gasteiger partial charge in [-0.1, -0.05) is 0 Å². The smallest absolute Gasteiger partial charge is 0.146 e. The van der Waals surface area contributed by atoms with Crippen LogP contribution in [0.4, 0.5) is 11.5 Å². The summed E-state index contributed by atoms with van der Waals surface area (Å²) in [4.78, 5) is 8.07. The highest BCUT2D eigenvalue weighted by Crippen LogP contribution is 2.15. The van der Waals surface area contributed by atoms with Gasteiger partial charge < -0.3 is 11.1 Å². The van der Waals surface area contributed by atoms with Gasteiger partial charge in [0.15, 0.2) is 0 Å². The van der Waals surface area contributed by atoms with Crippen molar-refractivity contribution in [2.75, 3.05) is 11.1 Å². The number of anilines is 2. The zero-order chi connectivity index (χ0) is 11.4. The number of nitrogens with one attached hydrogen (secondary N) is 1. The number of aryl methyl sites for hydroxylation is 1. The second-order valence-electron chi connectivity index (χ2n) is 3.59. The molecule has 0 fully saturated rings. The molecule has 3 N–H and O–H groups in total. The molecule has 0 spiro atoms. The third-order valence-electron chi connectivity index (χ3n) is 2.44. The zero-order valence-electron chi connectivity index (χ0n) is 9.14. The van der Waals surface area contributed by atoms with Crippen LogP contribution in [0.5, 0.6) is 0 Å². The molecule has 2 rings (SSSR count). The third-order valence-corrected chi connectivity index (χ3v) is 2.44. The van der Waals surface area contributed by atoms with E-state index in [1.165, 1.54) is 5.56 Å². The second-order valence-corrected chi connectivity index (χ2v) is 3.59. The average Bonchev–Trinajstić information content (AvgIpc) is 2.30. The first-order valence-corrected chi connectivity index (χ1v) is 5.11. The number of aromatic nitrogens is 2. The molecule has 0 aliphatic heterocycles. The van der Waals surface area contributed by atoms with Gasteiger partial charge >= 0.3 is 0 Å². The predicted octanol–water partition coefficient (Wildman–Crippen LogP) is 1.98. The van der Waals surface area contributed by atoms with Gasteiger partial charge in [-0.3, -0.25) is 4.98 Å². The molecule has 0 bridgehead atoms. The fraction of sp³-hybridized carbons (Fsp3) is 0.167. The molecule has 0 atom stereocenters. The van der Waals surface area contributed by atoms with Gasteiger partial charge in [0.2, 0.25) is 0 Å². The largest absolute Gasteiger partial charge is 0.382 e. The Morgan fingerprint density at radius 1 is 1.31 bits per heavy atom. The molecular formula is C12H14N4. The topological polar surface area (TPSA) is 63.8 Å². The van der Waals surface area contributed by atoms with Crippen LogP contribution in [-0.2, 0) is 6.54 Å². The first-order chi connectivity index (χ1) is 7.77. The summed E-state index contributed by atoms with van der Waals surface area (Å²) < 4.78 is 0. The van der Waals surface area contributed by atoms with Crippen molar-refractivity contribution < 1.29 is 0 Å². The van der Waals surface area contributed by atoms with E-state index < -0.39 is 0 Å². The Morgan fingerprint density at radius 3 is 2.94 bits per heavy atom. The van der Waals surface area contributed by atoms with E-state index in [4.69, 9.17) is 5.73 Å². The highest BCUT2D eigenvalue weighted by Gasteiger charge is 2.00. The van der Waals surface area contributed by atoms with Gasteiger partial charge in [-0.2, -0.15) is 0 Å². The third kappa shape index (κ3) is 2.28. The van der Waals surface area contributed by atoms with E-state index in [0.717, 1.165) is 17.8 Å². The van der Waals surface area contributed by atoms with Crippen LogP contribution >= 0.6 is 0 Å². The standard InChI is InChI=1S/C12H14N4/c1-9-7-14-6-4-10(9)8-16-11-3-2-5-15-12(11)13/h2-7,16H,8H2,1H3,(H2,13,15). The lowest BCUT2D eigenvalue weighted by Crippen LogP contribution is -2.04. The fourth-order valence-corrected chi connectivity index (χ4v) is 1.46. The van der Waals surface area contributed by atoms with Gasteiger partial charge in [-0.15, -0.1) is 0 Å². The molecule has 4 nitrogen and oxygen atoms in total. The summed E-state index contributed by atoms with van der Waals surface area (Å²) >= 11 is 0. The lowest BCUT2D eigenvalue weighted by Gasteiger charge is -2.09. The van der Waals surface area contributed by atoms with Crippen LogP contribution in [0.3, 0.4) is 0 Å². The minimum Gasteiger partial charge on any atom is -0.382 e. The zero-order valence-corrected chi connectivity index (χ0v) is 9.14. The Labute approximate surface area is 94.5 Å². The van der Waals surface area contributed by atoms with Crippen LogP contribution in [0, 0.1) is 6.92 Å². The molecule has 2 aromatic heterocycles. The van der Waals surface area contributed by atoms with Crippen molar-refractivity contribution in [3.63, 3.8) is 0 Å². The summed E-state index contributed by atoms with van der Waals surface area (Å²) in [6.07, 6.45) is 5.32. The van der Waals surface area contributed by atoms with Crippen LogP contribution in [0.15, 0.2) is 36.8 Å².